The van der Waals surface area contributed by atoms with Gasteiger partial charge in [0, 0.05) is 41.1 Å². The monoisotopic (exact) mass is 480 g/mol. The molecule has 1 heterocycles. The van der Waals surface area contributed by atoms with Crippen molar-refractivity contribution >= 4 is 27.3 Å². The Balaban J connectivity index is 2.20. The Labute approximate surface area is 190 Å². The summed E-state index contributed by atoms with van der Waals surface area (Å²) < 4.78 is 53.8. The number of ether oxygens (including phenoxy) is 2. The number of hydrogen-bond donors (Lipinski definition) is 1. The van der Waals surface area contributed by atoms with Crippen LogP contribution < -0.4 is 19.8 Å². The average Bonchev–Trinajstić information content (AvgIpc) is 2.73. The number of hydrogen-bond acceptors (Lipinski definition) is 5. The van der Waals surface area contributed by atoms with Crippen LogP contribution in [0.3, 0.4) is 0 Å². The highest BCUT2D eigenvalue weighted by atomic mass is 35.5. The van der Waals surface area contributed by atoms with Gasteiger partial charge in [-0.3, -0.25) is 9.52 Å². The standard InChI is InChI=1S/C22H22ClFN2O5S/c1-4-30-21-12-22(27)26(3)13-17(21)16-11-15(25-32(28,29)5-2)7-9-19(16)31-20-8-6-14(23)10-18(20)24/h6-13,25H,4-5H2,1-3H3. The first-order valence-corrected chi connectivity index (χ1v) is 11.8. The lowest BCUT2D eigenvalue weighted by Crippen LogP contribution is -2.16. The maximum atomic E-state index is 14.4. The average molecular weight is 481 g/mol. The van der Waals surface area contributed by atoms with Crippen molar-refractivity contribution in [2.75, 3.05) is 17.1 Å². The van der Waals surface area contributed by atoms with Crippen LogP contribution in [0.5, 0.6) is 17.2 Å². The minimum absolute atomic E-state index is 0.0691. The number of nitrogens with zero attached hydrogens (tertiary/aromatic N) is 1. The quantitative estimate of drug-likeness (QED) is 0.500. The van der Waals surface area contributed by atoms with Gasteiger partial charge in [0.25, 0.3) is 5.56 Å². The lowest BCUT2D eigenvalue weighted by atomic mass is 10.0. The van der Waals surface area contributed by atoms with Crippen LogP contribution in [0.1, 0.15) is 13.8 Å². The minimum atomic E-state index is -3.54. The van der Waals surface area contributed by atoms with E-state index in [1.54, 1.807) is 26.2 Å². The molecule has 170 valence electrons. The van der Waals surface area contributed by atoms with Crippen LogP contribution in [0.2, 0.25) is 5.02 Å². The van der Waals surface area contributed by atoms with Gasteiger partial charge < -0.3 is 14.0 Å². The van der Waals surface area contributed by atoms with Crippen LogP contribution in [-0.4, -0.2) is 25.3 Å². The summed E-state index contributed by atoms with van der Waals surface area (Å²) in [4.78, 5) is 12.1. The van der Waals surface area contributed by atoms with E-state index in [0.29, 0.717) is 17.7 Å². The number of aryl methyl sites for hydroxylation is 1. The van der Waals surface area contributed by atoms with E-state index < -0.39 is 15.8 Å². The van der Waals surface area contributed by atoms with Crippen LogP contribution >= 0.6 is 11.6 Å². The highest BCUT2D eigenvalue weighted by molar-refractivity contribution is 7.92. The molecule has 0 aliphatic rings. The lowest BCUT2D eigenvalue weighted by molar-refractivity contribution is 0.340. The summed E-state index contributed by atoms with van der Waals surface area (Å²) in [5.41, 5.74) is 0.860. The van der Waals surface area contributed by atoms with Crippen molar-refractivity contribution in [2.45, 2.75) is 13.8 Å². The minimum Gasteiger partial charge on any atom is -0.493 e. The van der Waals surface area contributed by atoms with Gasteiger partial charge in [0.15, 0.2) is 11.6 Å². The fourth-order valence-electron chi connectivity index (χ4n) is 2.91. The molecule has 0 saturated heterocycles. The van der Waals surface area contributed by atoms with Gasteiger partial charge in [-0.2, -0.15) is 0 Å². The van der Waals surface area contributed by atoms with Gasteiger partial charge in [0.2, 0.25) is 10.0 Å². The number of anilines is 1. The first kappa shape index (κ1) is 23.6. The van der Waals surface area contributed by atoms with Gasteiger partial charge in [0.1, 0.15) is 11.5 Å². The van der Waals surface area contributed by atoms with Gasteiger partial charge in [-0.05, 0) is 50.2 Å². The molecule has 3 rings (SSSR count). The molecule has 0 bridgehead atoms. The highest BCUT2D eigenvalue weighted by Crippen LogP contribution is 2.40. The molecule has 0 atom stereocenters. The van der Waals surface area contributed by atoms with E-state index >= 15 is 0 Å². The van der Waals surface area contributed by atoms with Gasteiger partial charge in [0.05, 0.1) is 12.4 Å². The first-order valence-electron chi connectivity index (χ1n) is 9.74. The third-order valence-electron chi connectivity index (χ3n) is 4.53. The third-order valence-corrected chi connectivity index (χ3v) is 6.07. The highest BCUT2D eigenvalue weighted by Gasteiger charge is 2.18. The number of pyridine rings is 1. The number of aromatic nitrogens is 1. The normalized spacial score (nSPS) is 11.3. The molecule has 0 spiro atoms. The van der Waals surface area contributed by atoms with Crippen molar-refractivity contribution in [3.63, 3.8) is 0 Å². The lowest BCUT2D eigenvalue weighted by Gasteiger charge is -2.17. The number of halogens is 2. The maximum absolute atomic E-state index is 14.4. The second-order valence-electron chi connectivity index (χ2n) is 6.83. The van der Waals surface area contributed by atoms with Crippen molar-refractivity contribution in [3.8, 4) is 28.4 Å². The zero-order chi connectivity index (χ0) is 23.5. The Bertz CT molecular complexity index is 1310. The molecule has 1 aromatic heterocycles. The molecule has 0 unspecified atom stereocenters. The summed E-state index contributed by atoms with van der Waals surface area (Å²) in [6.07, 6.45) is 1.55. The second kappa shape index (κ2) is 9.62. The van der Waals surface area contributed by atoms with Crippen molar-refractivity contribution in [3.05, 3.63) is 69.9 Å². The maximum Gasteiger partial charge on any atom is 0.254 e. The van der Waals surface area contributed by atoms with Crippen LogP contribution in [0.4, 0.5) is 10.1 Å². The van der Waals surface area contributed by atoms with Crippen molar-refractivity contribution in [1.82, 2.24) is 4.57 Å². The molecule has 2 aromatic carbocycles. The van der Waals surface area contributed by atoms with Crippen LogP contribution in [-0.2, 0) is 17.1 Å². The van der Waals surface area contributed by atoms with E-state index in [0.717, 1.165) is 6.07 Å². The Kier molecular flexibility index (Phi) is 7.10. The SMILES string of the molecule is CCOc1cc(=O)n(C)cc1-c1cc(NS(=O)(=O)CC)ccc1Oc1ccc(Cl)cc1F. The molecule has 0 aliphatic heterocycles. The van der Waals surface area contributed by atoms with E-state index in [4.69, 9.17) is 21.1 Å². The number of benzene rings is 2. The van der Waals surface area contributed by atoms with Gasteiger partial charge in [-0.1, -0.05) is 11.6 Å². The fourth-order valence-corrected chi connectivity index (χ4v) is 3.70. The Hall–Kier alpha value is -3.04. The van der Waals surface area contributed by atoms with Crippen molar-refractivity contribution in [1.29, 1.82) is 0 Å². The van der Waals surface area contributed by atoms with Crippen LogP contribution in [0.25, 0.3) is 11.1 Å². The molecule has 0 radical (unpaired) electrons. The summed E-state index contributed by atoms with van der Waals surface area (Å²) in [6.45, 7) is 3.59. The smallest absolute Gasteiger partial charge is 0.254 e. The number of sulfonamides is 1. The summed E-state index contributed by atoms with van der Waals surface area (Å²) in [5.74, 6) is -0.330. The van der Waals surface area contributed by atoms with Crippen molar-refractivity contribution < 1.29 is 22.3 Å². The molecule has 7 nitrogen and oxygen atoms in total. The first-order chi connectivity index (χ1) is 15.1. The molecule has 0 amide bonds. The Morgan fingerprint density at radius 1 is 1.03 bits per heavy atom. The molecule has 0 fully saturated rings. The van der Waals surface area contributed by atoms with Gasteiger partial charge in [-0.25, -0.2) is 12.8 Å². The zero-order valence-corrected chi connectivity index (χ0v) is 19.3. The molecule has 0 aliphatic carbocycles. The molecular formula is C22H22ClFN2O5S. The van der Waals surface area contributed by atoms with Gasteiger partial charge in [-0.15, -0.1) is 0 Å². The molecule has 0 saturated carbocycles. The van der Waals surface area contributed by atoms with E-state index in [2.05, 4.69) is 4.72 Å². The molecule has 32 heavy (non-hydrogen) atoms. The summed E-state index contributed by atoms with van der Waals surface area (Å²) in [5, 5.41) is 0.219. The predicted molar refractivity (Wildman–Crippen MR) is 123 cm³/mol. The van der Waals surface area contributed by atoms with E-state index in [1.165, 1.54) is 41.8 Å². The largest absolute Gasteiger partial charge is 0.493 e. The van der Waals surface area contributed by atoms with E-state index in [9.17, 15) is 17.6 Å². The molecular weight excluding hydrogens is 459 g/mol. The molecule has 10 heteroatoms. The zero-order valence-electron chi connectivity index (χ0n) is 17.7. The number of nitrogens with one attached hydrogen (secondary N) is 1. The Morgan fingerprint density at radius 2 is 1.75 bits per heavy atom. The van der Waals surface area contributed by atoms with Crippen molar-refractivity contribution in [2.24, 2.45) is 7.05 Å². The summed E-state index contributed by atoms with van der Waals surface area (Å²) in [6, 6.07) is 9.88. The number of rotatable bonds is 8. The fraction of sp³-hybridized carbons (Fsp3) is 0.227. The summed E-state index contributed by atoms with van der Waals surface area (Å²) in [7, 11) is -1.97. The van der Waals surface area contributed by atoms with E-state index in [-0.39, 0.29) is 39.3 Å². The second-order valence-corrected chi connectivity index (χ2v) is 9.27. The molecule has 1 N–H and O–H groups in total. The van der Waals surface area contributed by atoms with E-state index in [1.807, 2.05) is 0 Å². The summed E-state index contributed by atoms with van der Waals surface area (Å²) >= 11 is 5.82. The predicted octanol–water partition coefficient (Wildman–Crippen LogP) is 4.80. The van der Waals surface area contributed by atoms with Crippen LogP contribution in [0.15, 0.2) is 53.5 Å². The Morgan fingerprint density at radius 3 is 2.41 bits per heavy atom. The van der Waals surface area contributed by atoms with Gasteiger partial charge >= 0.3 is 0 Å². The third kappa shape index (κ3) is 5.41. The topological polar surface area (TPSA) is 86.6 Å². The van der Waals surface area contributed by atoms with Crippen LogP contribution in [0, 0.1) is 5.82 Å². The molecule has 3 aromatic rings.